The summed E-state index contributed by atoms with van der Waals surface area (Å²) in [7, 11) is 0. The van der Waals surface area contributed by atoms with Crippen molar-refractivity contribution in [2.75, 3.05) is 5.32 Å². The first-order valence-corrected chi connectivity index (χ1v) is 5.53. The van der Waals surface area contributed by atoms with Gasteiger partial charge < -0.3 is 10.7 Å². The minimum absolute atomic E-state index is 0.427. The molecule has 1 rings (SSSR count). The molecular formula is C11H17N3S. The van der Waals surface area contributed by atoms with E-state index in [-0.39, 0.29) is 0 Å². The van der Waals surface area contributed by atoms with Gasteiger partial charge >= 0.3 is 0 Å². The van der Waals surface area contributed by atoms with Crippen LogP contribution in [0.1, 0.15) is 25.3 Å². The minimum Gasteiger partial charge on any atom is -0.332 e. The predicted molar refractivity (Wildman–Crippen MR) is 68.6 cm³/mol. The van der Waals surface area contributed by atoms with E-state index in [2.05, 4.69) is 29.8 Å². The van der Waals surface area contributed by atoms with E-state index in [1.54, 1.807) is 0 Å². The van der Waals surface area contributed by atoms with Crippen LogP contribution in [0.5, 0.6) is 0 Å². The number of benzene rings is 1. The number of hydrogen-bond donors (Lipinski definition) is 3. The van der Waals surface area contributed by atoms with Crippen molar-refractivity contribution in [1.29, 1.82) is 0 Å². The number of hydrazine groups is 1. The number of hydrogen-bond acceptors (Lipinski definition) is 2. The fraction of sp³-hybridized carbons (Fsp3) is 0.364. The van der Waals surface area contributed by atoms with Crippen LogP contribution in [-0.2, 0) is 6.42 Å². The van der Waals surface area contributed by atoms with Gasteiger partial charge in [0.25, 0.3) is 0 Å². The van der Waals surface area contributed by atoms with Crippen LogP contribution in [0.3, 0.4) is 0 Å². The van der Waals surface area contributed by atoms with Gasteiger partial charge in [0.1, 0.15) is 0 Å². The molecule has 1 aromatic rings. The Kier molecular flexibility index (Phi) is 5.07. The Hall–Kier alpha value is -1.13. The summed E-state index contributed by atoms with van der Waals surface area (Å²) in [5.74, 6) is 5.16. The van der Waals surface area contributed by atoms with Crippen molar-refractivity contribution < 1.29 is 0 Å². The molecule has 1 aromatic carbocycles. The summed E-state index contributed by atoms with van der Waals surface area (Å²) in [4.78, 5) is 0. The third kappa shape index (κ3) is 4.27. The van der Waals surface area contributed by atoms with Gasteiger partial charge in [0, 0.05) is 5.69 Å². The lowest BCUT2D eigenvalue weighted by Crippen LogP contribution is -2.34. The van der Waals surface area contributed by atoms with Gasteiger partial charge in [-0.05, 0) is 42.8 Å². The standard InChI is InChI=1S/C11H17N3S/c1-2-3-4-9-5-7-10(8-6-9)13-11(15)14-12/h5-8H,2-4,12H2,1H3,(H2,13,14,15). The van der Waals surface area contributed by atoms with Crippen LogP contribution in [0.4, 0.5) is 5.69 Å². The molecule has 4 N–H and O–H groups in total. The molecule has 0 radical (unpaired) electrons. The second-order valence-corrected chi connectivity index (χ2v) is 3.81. The number of unbranched alkanes of at least 4 members (excludes halogenated alkanes) is 1. The molecule has 0 saturated heterocycles. The SMILES string of the molecule is CCCCc1ccc(NC(=S)NN)cc1. The molecule has 0 unspecified atom stereocenters. The van der Waals surface area contributed by atoms with Crippen LogP contribution in [0.2, 0.25) is 0 Å². The molecule has 4 heteroatoms. The van der Waals surface area contributed by atoms with E-state index in [1.165, 1.54) is 18.4 Å². The zero-order valence-electron chi connectivity index (χ0n) is 8.92. The van der Waals surface area contributed by atoms with Crippen LogP contribution in [0.25, 0.3) is 0 Å². The summed E-state index contributed by atoms with van der Waals surface area (Å²) in [5, 5.41) is 3.40. The second-order valence-electron chi connectivity index (χ2n) is 3.40. The monoisotopic (exact) mass is 223 g/mol. The van der Waals surface area contributed by atoms with Gasteiger partial charge in [0.05, 0.1) is 0 Å². The molecule has 0 aliphatic rings. The first-order chi connectivity index (χ1) is 7.26. The smallest absolute Gasteiger partial charge is 0.185 e. The number of aryl methyl sites for hydroxylation is 1. The van der Waals surface area contributed by atoms with E-state index in [0.29, 0.717) is 5.11 Å². The molecule has 0 aliphatic heterocycles. The third-order valence-corrected chi connectivity index (χ3v) is 2.38. The molecule has 0 fully saturated rings. The zero-order chi connectivity index (χ0) is 11.1. The van der Waals surface area contributed by atoms with Gasteiger partial charge in [0.15, 0.2) is 5.11 Å². The molecule has 0 spiro atoms. The Morgan fingerprint density at radius 1 is 1.33 bits per heavy atom. The van der Waals surface area contributed by atoms with Crippen molar-refractivity contribution in [1.82, 2.24) is 5.43 Å². The van der Waals surface area contributed by atoms with E-state index < -0.39 is 0 Å². The van der Waals surface area contributed by atoms with Crippen LogP contribution >= 0.6 is 12.2 Å². The van der Waals surface area contributed by atoms with Crippen molar-refractivity contribution >= 4 is 23.0 Å². The molecule has 0 heterocycles. The number of rotatable bonds is 4. The van der Waals surface area contributed by atoms with E-state index in [0.717, 1.165) is 12.1 Å². The van der Waals surface area contributed by atoms with Crippen molar-refractivity contribution in [3.63, 3.8) is 0 Å². The predicted octanol–water partition coefficient (Wildman–Crippen LogP) is 2.19. The van der Waals surface area contributed by atoms with Gasteiger partial charge in [-0.2, -0.15) is 0 Å². The zero-order valence-corrected chi connectivity index (χ0v) is 9.73. The fourth-order valence-corrected chi connectivity index (χ4v) is 1.42. The van der Waals surface area contributed by atoms with Crippen LogP contribution in [-0.4, -0.2) is 5.11 Å². The van der Waals surface area contributed by atoms with Crippen LogP contribution in [0, 0.1) is 0 Å². The van der Waals surface area contributed by atoms with Gasteiger partial charge in [-0.3, -0.25) is 0 Å². The third-order valence-electron chi connectivity index (χ3n) is 2.16. The van der Waals surface area contributed by atoms with E-state index in [4.69, 9.17) is 18.1 Å². The maximum absolute atomic E-state index is 5.16. The molecule has 0 amide bonds. The van der Waals surface area contributed by atoms with E-state index in [1.807, 2.05) is 12.1 Å². The Morgan fingerprint density at radius 2 is 2.00 bits per heavy atom. The van der Waals surface area contributed by atoms with E-state index in [9.17, 15) is 0 Å². The van der Waals surface area contributed by atoms with Gasteiger partial charge in [-0.25, -0.2) is 5.84 Å². The normalized spacial score (nSPS) is 9.73. The van der Waals surface area contributed by atoms with Gasteiger partial charge in [-0.15, -0.1) is 0 Å². The number of nitrogens with one attached hydrogen (secondary N) is 2. The van der Waals surface area contributed by atoms with Gasteiger partial charge in [-0.1, -0.05) is 25.5 Å². The summed E-state index contributed by atoms with van der Waals surface area (Å²) in [6.45, 7) is 2.20. The largest absolute Gasteiger partial charge is 0.332 e. The van der Waals surface area contributed by atoms with Crippen molar-refractivity contribution in [3.05, 3.63) is 29.8 Å². The summed E-state index contributed by atoms with van der Waals surface area (Å²) in [6, 6.07) is 8.23. The lowest BCUT2D eigenvalue weighted by molar-refractivity contribution is 0.795. The van der Waals surface area contributed by atoms with Gasteiger partial charge in [0.2, 0.25) is 0 Å². The molecular weight excluding hydrogens is 206 g/mol. The molecule has 0 aliphatic carbocycles. The molecule has 0 aromatic heterocycles. The first-order valence-electron chi connectivity index (χ1n) is 5.12. The highest BCUT2D eigenvalue weighted by molar-refractivity contribution is 7.80. The maximum atomic E-state index is 5.16. The summed E-state index contributed by atoms with van der Waals surface area (Å²) < 4.78 is 0. The molecule has 0 saturated carbocycles. The average molecular weight is 223 g/mol. The maximum Gasteiger partial charge on any atom is 0.185 e. The van der Waals surface area contributed by atoms with Crippen molar-refractivity contribution in [2.45, 2.75) is 26.2 Å². The second kappa shape index (κ2) is 6.37. The topological polar surface area (TPSA) is 50.1 Å². The quantitative estimate of drug-likeness (QED) is 0.416. The Labute approximate surface area is 96.0 Å². The Bertz CT molecular complexity index is 308. The Morgan fingerprint density at radius 3 is 2.53 bits per heavy atom. The summed E-state index contributed by atoms with van der Waals surface area (Å²) >= 11 is 4.89. The highest BCUT2D eigenvalue weighted by Crippen LogP contribution is 2.11. The highest BCUT2D eigenvalue weighted by Gasteiger charge is 1.96. The highest BCUT2D eigenvalue weighted by atomic mass is 32.1. The van der Waals surface area contributed by atoms with Crippen LogP contribution in [0.15, 0.2) is 24.3 Å². The molecule has 0 bridgehead atoms. The Balaban J connectivity index is 2.52. The summed E-state index contributed by atoms with van der Waals surface area (Å²) in [5.41, 5.74) is 4.69. The number of nitrogens with two attached hydrogens (primary N) is 1. The molecule has 3 nitrogen and oxygen atoms in total. The minimum atomic E-state index is 0.427. The molecule has 82 valence electrons. The lowest BCUT2D eigenvalue weighted by Gasteiger charge is -2.07. The average Bonchev–Trinajstić information content (AvgIpc) is 2.28. The number of anilines is 1. The fourth-order valence-electron chi connectivity index (χ4n) is 1.30. The molecule has 0 atom stereocenters. The van der Waals surface area contributed by atoms with Crippen LogP contribution < -0.4 is 16.6 Å². The first kappa shape index (κ1) is 11.9. The summed E-state index contributed by atoms with van der Waals surface area (Å²) in [6.07, 6.45) is 3.59. The van der Waals surface area contributed by atoms with Crippen molar-refractivity contribution in [2.24, 2.45) is 5.84 Å². The number of thiocarbonyl (C=S) groups is 1. The lowest BCUT2D eigenvalue weighted by atomic mass is 10.1. The van der Waals surface area contributed by atoms with E-state index >= 15 is 0 Å². The molecule has 15 heavy (non-hydrogen) atoms. The van der Waals surface area contributed by atoms with Crippen molar-refractivity contribution in [3.8, 4) is 0 Å².